The molecule has 1 aromatic carbocycles. The number of amides is 1. The molecule has 21 heavy (non-hydrogen) atoms. The van der Waals surface area contributed by atoms with E-state index in [4.69, 9.17) is 10.5 Å². The summed E-state index contributed by atoms with van der Waals surface area (Å²) in [6.45, 7) is 3.16. The fourth-order valence-corrected chi connectivity index (χ4v) is 2.20. The molecular weight excluding hydrogens is 266 g/mol. The number of ether oxygens (including phenoxy) is 1. The molecule has 116 valence electrons. The Morgan fingerprint density at radius 2 is 2.19 bits per heavy atom. The standard InChI is InChI=1S/C16H25N3O2/c1-12(19(2)13-7-8-13)11-18-16(20)9-10-21-15-6-4-3-5-14(15)17/h3-6,12-13H,7-11,17H2,1-2H3,(H,18,20). The quantitative estimate of drug-likeness (QED) is 0.715. The molecule has 3 N–H and O–H groups in total. The minimum Gasteiger partial charge on any atom is -0.491 e. The summed E-state index contributed by atoms with van der Waals surface area (Å²) in [6.07, 6.45) is 2.90. The molecule has 1 unspecified atom stereocenters. The fourth-order valence-electron chi connectivity index (χ4n) is 2.20. The molecule has 1 atom stereocenters. The minimum atomic E-state index is 0.0144. The number of nitrogen functional groups attached to an aromatic ring is 1. The van der Waals surface area contributed by atoms with Gasteiger partial charge in [0.1, 0.15) is 5.75 Å². The Balaban J connectivity index is 1.62. The van der Waals surface area contributed by atoms with Gasteiger partial charge in [0, 0.05) is 18.6 Å². The van der Waals surface area contributed by atoms with E-state index in [9.17, 15) is 4.79 Å². The Bertz CT molecular complexity index is 474. The van der Waals surface area contributed by atoms with Gasteiger partial charge < -0.3 is 15.8 Å². The summed E-state index contributed by atoms with van der Waals surface area (Å²) in [5.74, 6) is 0.646. The summed E-state index contributed by atoms with van der Waals surface area (Å²) >= 11 is 0. The zero-order valence-electron chi connectivity index (χ0n) is 12.8. The highest BCUT2D eigenvalue weighted by molar-refractivity contribution is 5.76. The van der Waals surface area contributed by atoms with Crippen molar-refractivity contribution in [2.75, 3.05) is 25.9 Å². The number of para-hydroxylation sites is 2. The van der Waals surface area contributed by atoms with E-state index < -0.39 is 0 Å². The Hall–Kier alpha value is -1.75. The molecule has 0 saturated heterocycles. The maximum Gasteiger partial charge on any atom is 0.223 e. The third kappa shape index (κ3) is 4.93. The molecule has 0 aromatic heterocycles. The van der Waals surface area contributed by atoms with E-state index in [2.05, 4.69) is 24.2 Å². The van der Waals surface area contributed by atoms with Crippen LogP contribution in [0.4, 0.5) is 5.69 Å². The van der Waals surface area contributed by atoms with E-state index >= 15 is 0 Å². The lowest BCUT2D eigenvalue weighted by Gasteiger charge is -2.24. The molecule has 1 amide bonds. The van der Waals surface area contributed by atoms with Crippen molar-refractivity contribution in [3.8, 4) is 5.75 Å². The summed E-state index contributed by atoms with van der Waals surface area (Å²) in [5.41, 5.74) is 6.37. The highest BCUT2D eigenvalue weighted by atomic mass is 16.5. The second kappa shape index (κ2) is 7.31. The zero-order chi connectivity index (χ0) is 15.2. The first-order chi connectivity index (χ1) is 10.1. The summed E-state index contributed by atoms with van der Waals surface area (Å²) in [4.78, 5) is 14.1. The molecule has 1 aromatic rings. The molecule has 5 nitrogen and oxygen atoms in total. The molecule has 0 aliphatic heterocycles. The van der Waals surface area contributed by atoms with Gasteiger partial charge in [0.2, 0.25) is 5.91 Å². The number of carbonyl (C=O) groups excluding carboxylic acids is 1. The highest BCUT2D eigenvalue weighted by Crippen LogP contribution is 2.26. The first-order valence-electron chi connectivity index (χ1n) is 7.54. The summed E-state index contributed by atoms with van der Waals surface area (Å²) < 4.78 is 5.51. The number of carbonyl (C=O) groups is 1. The van der Waals surface area contributed by atoms with E-state index in [1.54, 1.807) is 12.1 Å². The monoisotopic (exact) mass is 291 g/mol. The van der Waals surface area contributed by atoms with Crippen LogP contribution in [0.5, 0.6) is 5.75 Å². The molecule has 1 fully saturated rings. The molecule has 1 saturated carbocycles. The Kier molecular flexibility index (Phi) is 5.44. The Morgan fingerprint density at radius 1 is 1.48 bits per heavy atom. The van der Waals surface area contributed by atoms with Gasteiger partial charge in [-0.3, -0.25) is 9.69 Å². The van der Waals surface area contributed by atoms with Crippen molar-refractivity contribution in [1.82, 2.24) is 10.2 Å². The number of benzene rings is 1. The number of hydrogen-bond acceptors (Lipinski definition) is 4. The van der Waals surface area contributed by atoms with Crippen LogP contribution in [-0.4, -0.2) is 43.1 Å². The van der Waals surface area contributed by atoms with Gasteiger partial charge in [-0.15, -0.1) is 0 Å². The summed E-state index contributed by atoms with van der Waals surface area (Å²) in [7, 11) is 2.12. The Morgan fingerprint density at radius 3 is 2.86 bits per heavy atom. The Labute approximate surface area is 126 Å². The van der Waals surface area contributed by atoms with Crippen LogP contribution in [0.25, 0.3) is 0 Å². The van der Waals surface area contributed by atoms with E-state index in [0.717, 1.165) is 0 Å². The number of nitrogens with one attached hydrogen (secondary N) is 1. The molecule has 0 bridgehead atoms. The molecule has 0 heterocycles. The average molecular weight is 291 g/mol. The SMILES string of the molecule is CC(CNC(=O)CCOc1ccccc1N)N(C)C1CC1. The van der Waals surface area contributed by atoms with Crippen molar-refractivity contribution in [3.63, 3.8) is 0 Å². The predicted octanol–water partition coefficient (Wildman–Crippen LogP) is 1.64. The van der Waals surface area contributed by atoms with Crippen LogP contribution in [0.2, 0.25) is 0 Å². The first kappa shape index (κ1) is 15.6. The number of rotatable bonds is 8. The average Bonchev–Trinajstić information content (AvgIpc) is 3.30. The van der Waals surface area contributed by atoms with Crippen molar-refractivity contribution in [2.45, 2.75) is 38.3 Å². The molecule has 1 aliphatic rings. The summed E-state index contributed by atoms with van der Waals surface area (Å²) in [5, 5.41) is 2.96. The zero-order valence-corrected chi connectivity index (χ0v) is 12.8. The number of nitrogens with zero attached hydrogens (tertiary/aromatic N) is 1. The van der Waals surface area contributed by atoms with Crippen LogP contribution < -0.4 is 15.8 Å². The second-order valence-corrected chi connectivity index (χ2v) is 5.69. The van der Waals surface area contributed by atoms with E-state index in [1.807, 2.05) is 12.1 Å². The van der Waals surface area contributed by atoms with Crippen LogP contribution >= 0.6 is 0 Å². The van der Waals surface area contributed by atoms with Crippen molar-refractivity contribution in [1.29, 1.82) is 0 Å². The lowest BCUT2D eigenvalue weighted by atomic mass is 10.3. The van der Waals surface area contributed by atoms with Gasteiger partial charge in [0.25, 0.3) is 0 Å². The van der Waals surface area contributed by atoms with Gasteiger partial charge >= 0.3 is 0 Å². The van der Waals surface area contributed by atoms with Gasteiger partial charge in [-0.05, 0) is 38.9 Å². The van der Waals surface area contributed by atoms with Gasteiger partial charge in [0.05, 0.1) is 18.7 Å². The lowest BCUT2D eigenvalue weighted by molar-refractivity contribution is -0.121. The van der Waals surface area contributed by atoms with Gasteiger partial charge in [-0.25, -0.2) is 0 Å². The molecule has 5 heteroatoms. The number of likely N-dealkylation sites (N-methyl/N-ethyl adjacent to an activating group) is 1. The topological polar surface area (TPSA) is 67.6 Å². The van der Waals surface area contributed by atoms with Gasteiger partial charge in [0.15, 0.2) is 0 Å². The minimum absolute atomic E-state index is 0.0144. The van der Waals surface area contributed by atoms with Crippen LogP contribution in [-0.2, 0) is 4.79 Å². The third-order valence-corrected chi connectivity index (χ3v) is 3.92. The van der Waals surface area contributed by atoms with Crippen molar-refractivity contribution in [3.05, 3.63) is 24.3 Å². The van der Waals surface area contributed by atoms with Gasteiger partial charge in [-0.2, -0.15) is 0 Å². The molecule has 2 rings (SSSR count). The smallest absolute Gasteiger partial charge is 0.223 e. The number of hydrogen-bond donors (Lipinski definition) is 2. The lowest BCUT2D eigenvalue weighted by Crippen LogP contribution is -2.41. The van der Waals surface area contributed by atoms with Crippen molar-refractivity contribution < 1.29 is 9.53 Å². The van der Waals surface area contributed by atoms with Crippen molar-refractivity contribution in [2.24, 2.45) is 0 Å². The third-order valence-electron chi connectivity index (χ3n) is 3.92. The predicted molar refractivity (Wildman–Crippen MR) is 84.2 cm³/mol. The van der Waals surface area contributed by atoms with Crippen LogP contribution in [0.15, 0.2) is 24.3 Å². The van der Waals surface area contributed by atoms with Crippen LogP contribution in [0.1, 0.15) is 26.2 Å². The fraction of sp³-hybridized carbons (Fsp3) is 0.562. The molecule has 0 radical (unpaired) electrons. The molecular formula is C16H25N3O2. The van der Waals surface area contributed by atoms with Crippen LogP contribution in [0.3, 0.4) is 0 Å². The number of nitrogens with two attached hydrogens (primary N) is 1. The second-order valence-electron chi connectivity index (χ2n) is 5.69. The molecule has 0 spiro atoms. The van der Waals surface area contributed by atoms with Crippen LogP contribution in [0, 0.1) is 0 Å². The normalized spacial score (nSPS) is 15.8. The van der Waals surface area contributed by atoms with Crippen molar-refractivity contribution >= 4 is 11.6 Å². The van der Waals surface area contributed by atoms with E-state index in [-0.39, 0.29) is 5.91 Å². The summed E-state index contributed by atoms with van der Waals surface area (Å²) in [6, 6.07) is 8.38. The maximum absolute atomic E-state index is 11.8. The van der Waals surface area contributed by atoms with E-state index in [0.29, 0.717) is 43.1 Å². The first-order valence-corrected chi connectivity index (χ1v) is 7.54. The van der Waals surface area contributed by atoms with Gasteiger partial charge in [-0.1, -0.05) is 12.1 Å². The largest absolute Gasteiger partial charge is 0.491 e. The van der Waals surface area contributed by atoms with E-state index in [1.165, 1.54) is 12.8 Å². The number of anilines is 1. The molecule has 1 aliphatic carbocycles. The highest BCUT2D eigenvalue weighted by Gasteiger charge is 2.29. The maximum atomic E-state index is 11.8.